The highest BCUT2D eigenvalue weighted by molar-refractivity contribution is 5.94. The van der Waals surface area contributed by atoms with Crippen molar-refractivity contribution >= 4 is 16.9 Å². The zero-order valence-corrected chi connectivity index (χ0v) is 16.0. The van der Waals surface area contributed by atoms with Gasteiger partial charge in [0.05, 0.1) is 17.6 Å². The van der Waals surface area contributed by atoms with Gasteiger partial charge in [0.15, 0.2) is 0 Å². The Kier molecular flexibility index (Phi) is 5.70. The number of rotatable bonds is 6. The number of para-hydroxylation sites is 2. The number of fused-ring (bicyclic) bond motifs is 1. The Labute approximate surface area is 164 Å². The van der Waals surface area contributed by atoms with Crippen LogP contribution in [0.2, 0.25) is 0 Å². The second-order valence-electron chi connectivity index (χ2n) is 7.65. The van der Waals surface area contributed by atoms with Gasteiger partial charge >= 0.3 is 0 Å². The fourth-order valence-electron chi connectivity index (χ4n) is 4.16. The molecule has 4 rings (SSSR count). The van der Waals surface area contributed by atoms with Crippen molar-refractivity contribution in [1.29, 1.82) is 0 Å². The average molecular weight is 379 g/mol. The Morgan fingerprint density at radius 2 is 1.82 bits per heavy atom. The molecule has 0 atom stereocenters. The minimum absolute atomic E-state index is 0.217. The number of amides is 1. The lowest BCUT2D eigenvalue weighted by Crippen LogP contribution is -2.25. The van der Waals surface area contributed by atoms with Crippen LogP contribution < -0.4 is 5.32 Å². The number of nitrogens with zero attached hydrogens (tertiary/aromatic N) is 2. The summed E-state index contributed by atoms with van der Waals surface area (Å²) >= 11 is 0. The van der Waals surface area contributed by atoms with Gasteiger partial charge in [0, 0.05) is 12.1 Å². The largest absolute Gasteiger partial charge is 0.345 e. The Balaban J connectivity index is 1.49. The molecule has 0 bridgehead atoms. The van der Waals surface area contributed by atoms with Crippen LogP contribution in [0.15, 0.2) is 48.5 Å². The lowest BCUT2D eigenvalue weighted by Gasteiger charge is -2.22. The van der Waals surface area contributed by atoms with E-state index in [9.17, 15) is 9.18 Å². The molecule has 146 valence electrons. The molecular formula is C23H26FN3O. The van der Waals surface area contributed by atoms with Crippen LogP contribution in [0.1, 0.15) is 54.7 Å². The molecule has 1 N–H and O–H groups in total. The maximum absolute atomic E-state index is 13.1. The van der Waals surface area contributed by atoms with Crippen LogP contribution in [-0.2, 0) is 13.1 Å². The normalized spacial score (nSPS) is 15.0. The van der Waals surface area contributed by atoms with Crippen molar-refractivity contribution < 1.29 is 9.18 Å². The van der Waals surface area contributed by atoms with Crippen molar-refractivity contribution in [2.24, 2.45) is 5.92 Å². The number of imidazole rings is 1. The fraction of sp³-hybridized carbons (Fsp3) is 0.391. The first-order chi connectivity index (χ1) is 13.7. The molecule has 1 aromatic heterocycles. The number of carbonyl (C=O) groups excluding carboxylic acids is 1. The molecule has 1 fully saturated rings. The third-order valence-corrected chi connectivity index (χ3v) is 5.73. The summed E-state index contributed by atoms with van der Waals surface area (Å²) in [4.78, 5) is 17.1. The van der Waals surface area contributed by atoms with E-state index in [1.165, 1.54) is 56.4 Å². The molecule has 0 aliphatic heterocycles. The minimum Gasteiger partial charge on any atom is -0.345 e. The summed E-state index contributed by atoms with van der Waals surface area (Å²) in [5.74, 6) is 1.09. The summed E-state index contributed by atoms with van der Waals surface area (Å²) in [7, 11) is 0. The fourth-order valence-corrected chi connectivity index (χ4v) is 4.16. The SMILES string of the molecule is O=C(NCc1nc2ccccc2n1CCC1CCCCC1)c1ccc(F)cc1. The molecule has 0 unspecified atom stereocenters. The number of halogens is 1. The summed E-state index contributed by atoms with van der Waals surface area (Å²) in [6, 6.07) is 13.7. The van der Waals surface area contributed by atoms with Gasteiger partial charge in [-0.2, -0.15) is 0 Å². The van der Waals surface area contributed by atoms with Crippen LogP contribution in [0.5, 0.6) is 0 Å². The van der Waals surface area contributed by atoms with E-state index < -0.39 is 0 Å². The van der Waals surface area contributed by atoms with Crippen LogP contribution >= 0.6 is 0 Å². The van der Waals surface area contributed by atoms with E-state index in [0.717, 1.165) is 35.7 Å². The maximum atomic E-state index is 13.1. The Morgan fingerprint density at radius 1 is 1.07 bits per heavy atom. The topological polar surface area (TPSA) is 46.9 Å². The highest BCUT2D eigenvalue weighted by Gasteiger charge is 2.16. The van der Waals surface area contributed by atoms with Gasteiger partial charge in [0.1, 0.15) is 11.6 Å². The number of aryl methyl sites for hydroxylation is 1. The molecule has 0 radical (unpaired) electrons. The Hall–Kier alpha value is -2.69. The molecule has 1 aliphatic carbocycles. The van der Waals surface area contributed by atoms with Gasteiger partial charge in [-0.25, -0.2) is 9.37 Å². The molecule has 0 saturated heterocycles. The highest BCUT2D eigenvalue weighted by atomic mass is 19.1. The molecule has 1 saturated carbocycles. The third kappa shape index (κ3) is 4.24. The van der Waals surface area contributed by atoms with Gasteiger partial charge in [-0.15, -0.1) is 0 Å². The second-order valence-corrected chi connectivity index (χ2v) is 7.65. The molecular weight excluding hydrogens is 353 g/mol. The summed E-state index contributed by atoms with van der Waals surface area (Å²) in [6.45, 7) is 1.28. The van der Waals surface area contributed by atoms with E-state index in [-0.39, 0.29) is 11.7 Å². The number of carbonyl (C=O) groups is 1. The van der Waals surface area contributed by atoms with E-state index in [4.69, 9.17) is 4.98 Å². The van der Waals surface area contributed by atoms with Crippen molar-refractivity contribution in [1.82, 2.24) is 14.9 Å². The van der Waals surface area contributed by atoms with Crippen LogP contribution in [-0.4, -0.2) is 15.5 Å². The van der Waals surface area contributed by atoms with Crippen LogP contribution in [0.3, 0.4) is 0 Å². The smallest absolute Gasteiger partial charge is 0.251 e. The van der Waals surface area contributed by atoms with Gasteiger partial charge in [-0.1, -0.05) is 44.2 Å². The van der Waals surface area contributed by atoms with E-state index in [1.54, 1.807) is 0 Å². The summed E-state index contributed by atoms with van der Waals surface area (Å²) < 4.78 is 15.3. The number of aromatic nitrogens is 2. The van der Waals surface area contributed by atoms with Gasteiger partial charge in [-0.05, 0) is 48.7 Å². The quantitative estimate of drug-likeness (QED) is 0.649. The predicted octanol–water partition coefficient (Wildman–Crippen LogP) is 5.08. The summed E-state index contributed by atoms with van der Waals surface area (Å²) in [5.41, 5.74) is 2.52. The zero-order chi connectivity index (χ0) is 19.3. The van der Waals surface area contributed by atoms with Crippen molar-refractivity contribution in [2.75, 3.05) is 0 Å². The monoisotopic (exact) mass is 379 g/mol. The summed E-state index contributed by atoms with van der Waals surface area (Å²) in [5, 5.41) is 2.93. The Bertz CT molecular complexity index is 942. The molecule has 3 aromatic rings. The standard InChI is InChI=1S/C23H26FN3O/c24-19-12-10-18(11-13-19)23(28)25-16-22-26-20-8-4-5-9-21(20)27(22)15-14-17-6-2-1-3-7-17/h4-5,8-13,17H,1-3,6-7,14-16H2,(H,25,28). The van der Waals surface area contributed by atoms with Crippen LogP contribution in [0.4, 0.5) is 4.39 Å². The highest BCUT2D eigenvalue weighted by Crippen LogP contribution is 2.27. The lowest BCUT2D eigenvalue weighted by atomic mass is 9.87. The number of hydrogen-bond acceptors (Lipinski definition) is 2. The van der Waals surface area contributed by atoms with E-state index in [0.29, 0.717) is 12.1 Å². The number of nitrogens with one attached hydrogen (secondary N) is 1. The van der Waals surface area contributed by atoms with E-state index in [2.05, 4.69) is 16.0 Å². The van der Waals surface area contributed by atoms with E-state index in [1.807, 2.05) is 18.2 Å². The molecule has 4 nitrogen and oxygen atoms in total. The molecule has 1 aliphatic rings. The van der Waals surface area contributed by atoms with E-state index >= 15 is 0 Å². The average Bonchev–Trinajstić information content (AvgIpc) is 3.09. The van der Waals surface area contributed by atoms with Gasteiger partial charge in [-0.3, -0.25) is 4.79 Å². The second kappa shape index (κ2) is 8.55. The molecule has 1 amide bonds. The molecule has 5 heteroatoms. The molecule has 1 heterocycles. The van der Waals surface area contributed by atoms with Crippen molar-refractivity contribution in [3.05, 3.63) is 65.7 Å². The summed E-state index contributed by atoms with van der Waals surface area (Å²) in [6.07, 6.45) is 7.85. The van der Waals surface area contributed by atoms with Crippen molar-refractivity contribution in [2.45, 2.75) is 51.6 Å². The first-order valence-corrected chi connectivity index (χ1v) is 10.2. The molecule has 28 heavy (non-hydrogen) atoms. The molecule has 0 spiro atoms. The number of hydrogen-bond donors (Lipinski definition) is 1. The maximum Gasteiger partial charge on any atom is 0.251 e. The number of benzene rings is 2. The van der Waals surface area contributed by atoms with Crippen molar-refractivity contribution in [3.8, 4) is 0 Å². The van der Waals surface area contributed by atoms with Crippen LogP contribution in [0, 0.1) is 11.7 Å². The van der Waals surface area contributed by atoms with Gasteiger partial charge in [0.25, 0.3) is 5.91 Å². The van der Waals surface area contributed by atoms with Gasteiger partial charge < -0.3 is 9.88 Å². The first kappa shape index (κ1) is 18.7. The predicted molar refractivity (Wildman–Crippen MR) is 108 cm³/mol. The Morgan fingerprint density at radius 3 is 2.61 bits per heavy atom. The first-order valence-electron chi connectivity index (χ1n) is 10.2. The van der Waals surface area contributed by atoms with Crippen molar-refractivity contribution in [3.63, 3.8) is 0 Å². The molecule has 2 aromatic carbocycles. The van der Waals surface area contributed by atoms with Gasteiger partial charge in [0.2, 0.25) is 0 Å². The lowest BCUT2D eigenvalue weighted by molar-refractivity contribution is 0.0949. The van der Waals surface area contributed by atoms with Crippen LogP contribution in [0.25, 0.3) is 11.0 Å². The third-order valence-electron chi connectivity index (χ3n) is 5.73. The zero-order valence-electron chi connectivity index (χ0n) is 16.0. The minimum atomic E-state index is -0.346.